The molecule has 0 aliphatic rings. The summed E-state index contributed by atoms with van der Waals surface area (Å²) >= 11 is 0. The van der Waals surface area contributed by atoms with E-state index in [-0.39, 0.29) is 72.3 Å². The van der Waals surface area contributed by atoms with Crippen molar-refractivity contribution in [3.05, 3.63) is 0 Å². The van der Waals surface area contributed by atoms with E-state index in [9.17, 15) is 0 Å². The summed E-state index contributed by atoms with van der Waals surface area (Å²) in [6.07, 6.45) is -0.954. The predicted octanol–water partition coefficient (Wildman–Crippen LogP) is -9.85. The summed E-state index contributed by atoms with van der Waals surface area (Å²) in [6.45, 7) is -0.729. The van der Waals surface area contributed by atoms with Gasteiger partial charge in [-0.25, -0.2) is 0 Å². The molecule has 0 fully saturated rings. The maximum atomic E-state index is 8.66. The summed E-state index contributed by atoms with van der Waals surface area (Å²) in [5, 5.41) is 24.0. The zero-order valence-corrected chi connectivity index (χ0v) is 12.3. The van der Waals surface area contributed by atoms with Gasteiger partial charge in [-0.1, -0.05) is 0 Å². The fraction of sp³-hybridized carbons (Fsp3) is 1.00. The van der Waals surface area contributed by atoms with E-state index >= 15 is 0 Å². The van der Waals surface area contributed by atoms with Crippen LogP contribution in [0, 0.1) is 0 Å². The fourth-order valence-corrected chi connectivity index (χ4v) is 0.0577. The molecule has 0 aromatic carbocycles. The minimum Gasteiger partial charge on any atom is -0.790 e. The van der Waals surface area contributed by atoms with Crippen LogP contribution in [0.4, 0.5) is 0 Å². The Morgan fingerprint density at radius 2 is 1.31 bits per heavy atom. The van der Waals surface area contributed by atoms with Crippen LogP contribution in [0.25, 0.3) is 0 Å². The molecule has 0 aliphatic heterocycles. The number of rotatable bonds is 2. The van der Waals surface area contributed by atoms with Gasteiger partial charge < -0.3 is 34.6 Å². The summed E-state index contributed by atoms with van der Waals surface area (Å²) in [5.41, 5.74) is 0. The van der Waals surface area contributed by atoms with Crippen LogP contribution >= 0.6 is 7.82 Å². The molecule has 7 nitrogen and oxygen atoms in total. The Labute approximate surface area is 120 Å². The molecule has 0 saturated heterocycles. The van der Waals surface area contributed by atoms with Crippen molar-refractivity contribution in [2.75, 3.05) is 13.2 Å². The van der Waals surface area contributed by atoms with E-state index in [4.69, 9.17) is 34.6 Å². The van der Waals surface area contributed by atoms with E-state index < -0.39 is 13.9 Å². The first-order chi connectivity index (χ1) is 4.81. The van der Waals surface area contributed by atoms with Crippen LogP contribution in [0.15, 0.2) is 0 Å². The quantitative estimate of drug-likeness (QED) is 0.274. The zero-order valence-electron chi connectivity index (χ0n) is 7.45. The Kier molecular flexibility index (Phi) is 26.1. The van der Waals surface area contributed by atoms with Crippen LogP contribution in [0.5, 0.6) is 0 Å². The molecule has 0 amide bonds. The van der Waals surface area contributed by atoms with Crippen molar-refractivity contribution >= 4 is 7.82 Å². The first-order valence-electron chi connectivity index (χ1n) is 2.45. The van der Waals surface area contributed by atoms with Gasteiger partial charge in [-0.05, 0) is 0 Å². The molecule has 70 valence electrons. The second-order valence-corrected chi connectivity index (χ2v) is 2.42. The topological polar surface area (TPSA) is 144 Å². The minimum atomic E-state index is -5.14. The second-order valence-electron chi connectivity index (χ2n) is 1.49. The molecule has 0 spiro atoms. The van der Waals surface area contributed by atoms with E-state index in [1.54, 1.807) is 0 Å². The SMILES string of the molecule is O=P([O-])([O-])O.OCC(O)CO.[Na+].[Na+]. The molecule has 0 aromatic heterocycles. The van der Waals surface area contributed by atoms with E-state index in [2.05, 4.69) is 0 Å². The van der Waals surface area contributed by atoms with Crippen LogP contribution in [0.1, 0.15) is 0 Å². The maximum absolute atomic E-state index is 8.66. The third kappa shape index (κ3) is 56.1. The van der Waals surface area contributed by atoms with Crippen molar-refractivity contribution < 1.29 is 93.7 Å². The van der Waals surface area contributed by atoms with Gasteiger partial charge in [0.15, 0.2) is 0 Å². The summed E-state index contributed by atoms with van der Waals surface area (Å²) in [4.78, 5) is 24.3. The van der Waals surface area contributed by atoms with Crippen molar-refractivity contribution in [3.8, 4) is 0 Å². The van der Waals surface area contributed by atoms with Gasteiger partial charge in [0.1, 0.15) is 6.10 Å². The normalized spacial score (nSPS) is 9.15. The monoisotopic (exact) mass is 234 g/mol. The summed E-state index contributed by atoms with van der Waals surface area (Å²) in [7, 11) is -5.14. The Hall–Kier alpha value is 1.99. The number of aliphatic hydroxyl groups is 3. The third-order valence-corrected chi connectivity index (χ3v) is 0.421. The van der Waals surface area contributed by atoms with Gasteiger partial charge in [0.25, 0.3) is 0 Å². The fourth-order valence-electron chi connectivity index (χ4n) is 0.0577. The Balaban J connectivity index is -0.0000000546. The molecular weight excluding hydrogens is 225 g/mol. The number of hydrogen-bond acceptors (Lipinski definition) is 6. The molecule has 0 rings (SSSR count). The summed E-state index contributed by atoms with van der Waals surface area (Å²) in [5.74, 6) is 0. The van der Waals surface area contributed by atoms with Gasteiger partial charge in [0.05, 0.1) is 21.0 Å². The molecule has 10 heteroatoms. The van der Waals surface area contributed by atoms with Crippen molar-refractivity contribution in [3.63, 3.8) is 0 Å². The third-order valence-electron chi connectivity index (χ3n) is 0.421. The molecule has 0 saturated carbocycles. The first kappa shape index (κ1) is 24.3. The van der Waals surface area contributed by atoms with Crippen molar-refractivity contribution in [1.82, 2.24) is 0 Å². The largest absolute Gasteiger partial charge is 1.00 e. The van der Waals surface area contributed by atoms with E-state index in [1.165, 1.54) is 0 Å². The summed E-state index contributed by atoms with van der Waals surface area (Å²) in [6, 6.07) is 0. The standard InChI is InChI=1S/C3H8O3.2Na.H3O4P/c4-1-3(6)2-5;;;1-5(2,3)4/h3-6H,1-2H2;;;(H3,1,2,3,4)/q;2*+1;/p-2. The smallest absolute Gasteiger partial charge is 0.790 e. The molecule has 0 unspecified atom stereocenters. The molecule has 0 bridgehead atoms. The molecule has 0 aromatic rings. The zero-order chi connectivity index (χ0) is 9.49. The van der Waals surface area contributed by atoms with Crippen LogP contribution in [0.3, 0.4) is 0 Å². The van der Waals surface area contributed by atoms with E-state index in [0.717, 1.165) is 0 Å². The number of phosphoric acid groups is 1. The van der Waals surface area contributed by atoms with Crippen molar-refractivity contribution in [1.29, 1.82) is 0 Å². The van der Waals surface area contributed by atoms with Gasteiger partial charge in [-0.3, -0.25) is 0 Å². The van der Waals surface area contributed by atoms with Crippen molar-refractivity contribution in [2.45, 2.75) is 6.10 Å². The minimum absolute atomic E-state index is 0. The maximum Gasteiger partial charge on any atom is 1.00 e. The van der Waals surface area contributed by atoms with Gasteiger partial charge in [0.2, 0.25) is 0 Å². The molecule has 4 N–H and O–H groups in total. The van der Waals surface area contributed by atoms with Gasteiger partial charge in [-0.15, -0.1) is 0 Å². The average molecular weight is 234 g/mol. The average Bonchev–Trinajstić information content (AvgIpc) is 1.83. The van der Waals surface area contributed by atoms with Gasteiger partial charge in [-0.2, -0.15) is 0 Å². The Bertz CT molecular complexity index is 115. The number of aliphatic hydroxyl groups excluding tert-OH is 3. The summed E-state index contributed by atoms with van der Waals surface area (Å²) < 4.78 is 8.66. The van der Waals surface area contributed by atoms with Gasteiger partial charge in [0, 0.05) is 0 Å². The molecule has 0 atom stereocenters. The van der Waals surface area contributed by atoms with Crippen LogP contribution < -0.4 is 68.9 Å². The van der Waals surface area contributed by atoms with Gasteiger partial charge >= 0.3 is 59.1 Å². The molecule has 0 heterocycles. The van der Waals surface area contributed by atoms with Crippen LogP contribution in [-0.4, -0.2) is 39.5 Å². The first-order valence-corrected chi connectivity index (χ1v) is 3.95. The Morgan fingerprint density at radius 1 is 1.15 bits per heavy atom. The van der Waals surface area contributed by atoms with E-state index in [1.807, 2.05) is 0 Å². The van der Waals surface area contributed by atoms with Crippen LogP contribution in [-0.2, 0) is 4.57 Å². The predicted molar refractivity (Wildman–Crippen MR) is 30.0 cm³/mol. The van der Waals surface area contributed by atoms with Crippen LogP contribution in [0.2, 0.25) is 0 Å². The van der Waals surface area contributed by atoms with E-state index in [0.29, 0.717) is 0 Å². The molecule has 0 aliphatic carbocycles. The molecular formula is C3H9Na2O7P. The molecule has 0 radical (unpaired) electrons. The Morgan fingerprint density at radius 3 is 1.31 bits per heavy atom. The molecule has 13 heavy (non-hydrogen) atoms. The van der Waals surface area contributed by atoms with Crippen molar-refractivity contribution in [2.24, 2.45) is 0 Å². The number of hydrogen-bond donors (Lipinski definition) is 4. The second kappa shape index (κ2) is 14.0.